The van der Waals surface area contributed by atoms with Crippen LogP contribution in [0.15, 0.2) is 47.4 Å². The molecule has 0 spiro atoms. The van der Waals surface area contributed by atoms with E-state index in [1.165, 1.54) is 18.6 Å². The highest BCUT2D eigenvalue weighted by Crippen LogP contribution is 2.37. The van der Waals surface area contributed by atoms with E-state index in [-0.39, 0.29) is 4.90 Å². The quantitative estimate of drug-likeness (QED) is 0.771. The number of sulfonamides is 1. The number of fused-ring (bicyclic) bond motifs is 3. The Morgan fingerprint density at radius 2 is 1.82 bits per heavy atom. The fourth-order valence-electron chi connectivity index (χ4n) is 2.64. The van der Waals surface area contributed by atoms with Crippen molar-refractivity contribution in [3.63, 3.8) is 0 Å². The second-order valence-corrected chi connectivity index (χ2v) is 7.05. The first kappa shape index (κ1) is 14.7. The Labute approximate surface area is 128 Å². The highest BCUT2D eigenvalue weighted by atomic mass is 32.2. The summed E-state index contributed by atoms with van der Waals surface area (Å²) in [6, 6.07) is 11.7. The summed E-state index contributed by atoms with van der Waals surface area (Å²) in [7, 11) is -3.84. The molecule has 5 nitrogen and oxygen atoms in total. The third-order valence-electron chi connectivity index (χ3n) is 3.78. The van der Waals surface area contributed by atoms with E-state index in [0.29, 0.717) is 6.42 Å². The largest absolute Gasteiger partial charge is 0.480 e. The van der Waals surface area contributed by atoms with Gasteiger partial charge in [0.1, 0.15) is 6.04 Å². The topological polar surface area (TPSA) is 83.5 Å². The average molecular weight is 317 g/mol. The van der Waals surface area contributed by atoms with Crippen LogP contribution in [-0.2, 0) is 21.2 Å². The Kier molecular flexibility index (Phi) is 3.50. The van der Waals surface area contributed by atoms with E-state index >= 15 is 0 Å². The lowest BCUT2D eigenvalue weighted by molar-refractivity contribution is -0.138. The number of hydrogen-bond acceptors (Lipinski definition) is 3. The molecule has 0 saturated heterocycles. The summed E-state index contributed by atoms with van der Waals surface area (Å²) in [4.78, 5) is 10.9. The highest BCUT2D eigenvalue weighted by Gasteiger charge is 2.24. The van der Waals surface area contributed by atoms with Gasteiger partial charge in [0.25, 0.3) is 0 Å². The van der Waals surface area contributed by atoms with E-state index in [2.05, 4.69) is 4.72 Å². The molecule has 1 atom stereocenters. The molecule has 114 valence electrons. The molecule has 0 saturated carbocycles. The van der Waals surface area contributed by atoms with Gasteiger partial charge in [0.05, 0.1) is 4.90 Å². The summed E-state index contributed by atoms with van der Waals surface area (Å²) in [6.07, 6.45) is 0.684. The zero-order valence-corrected chi connectivity index (χ0v) is 12.7. The van der Waals surface area contributed by atoms with Crippen LogP contribution in [-0.4, -0.2) is 25.5 Å². The fourth-order valence-corrected chi connectivity index (χ4v) is 3.89. The van der Waals surface area contributed by atoms with Gasteiger partial charge in [0.2, 0.25) is 10.0 Å². The zero-order valence-electron chi connectivity index (χ0n) is 11.9. The van der Waals surface area contributed by atoms with Gasteiger partial charge in [0.15, 0.2) is 0 Å². The maximum absolute atomic E-state index is 12.2. The molecule has 1 aliphatic rings. The van der Waals surface area contributed by atoms with Crippen LogP contribution >= 0.6 is 0 Å². The van der Waals surface area contributed by atoms with E-state index in [1.54, 1.807) is 12.1 Å². The van der Waals surface area contributed by atoms with Gasteiger partial charge in [-0.15, -0.1) is 0 Å². The molecular weight excluding hydrogens is 302 g/mol. The predicted octanol–water partition coefficient (Wildman–Crippen LogP) is 2.01. The molecule has 0 fully saturated rings. The lowest BCUT2D eigenvalue weighted by Crippen LogP contribution is -2.38. The van der Waals surface area contributed by atoms with Crippen molar-refractivity contribution in [2.24, 2.45) is 0 Å². The van der Waals surface area contributed by atoms with Gasteiger partial charge >= 0.3 is 5.97 Å². The van der Waals surface area contributed by atoms with Crippen molar-refractivity contribution in [3.05, 3.63) is 53.6 Å². The fraction of sp³-hybridized carbons (Fsp3) is 0.188. The van der Waals surface area contributed by atoms with Crippen LogP contribution < -0.4 is 4.72 Å². The van der Waals surface area contributed by atoms with Crippen LogP contribution in [0, 0.1) is 0 Å². The number of nitrogens with one attached hydrogen (secondary N) is 1. The van der Waals surface area contributed by atoms with E-state index in [1.807, 2.05) is 24.3 Å². The number of rotatable bonds is 4. The Hall–Kier alpha value is -2.18. The minimum absolute atomic E-state index is 0.0900. The summed E-state index contributed by atoms with van der Waals surface area (Å²) in [6.45, 7) is 1.29. The number of carboxylic acids is 1. The Morgan fingerprint density at radius 1 is 1.14 bits per heavy atom. The maximum atomic E-state index is 12.2. The van der Waals surface area contributed by atoms with Gasteiger partial charge < -0.3 is 5.11 Å². The van der Waals surface area contributed by atoms with Gasteiger partial charge in [-0.1, -0.05) is 30.3 Å². The molecule has 2 aromatic carbocycles. The molecule has 0 bridgehead atoms. The number of hydrogen-bond donors (Lipinski definition) is 2. The summed E-state index contributed by atoms with van der Waals surface area (Å²) in [5, 5.41) is 8.84. The first-order chi connectivity index (χ1) is 10.4. The second-order valence-electron chi connectivity index (χ2n) is 5.33. The molecule has 0 heterocycles. The van der Waals surface area contributed by atoms with Crippen molar-refractivity contribution in [1.29, 1.82) is 0 Å². The third-order valence-corrected chi connectivity index (χ3v) is 5.32. The maximum Gasteiger partial charge on any atom is 0.321 e. The van der Waals surface area contributed by atoms with Gasteiger partial charge in [0, 0.05) is 0 Å². The summed E-state index contributed by atoms with van der Waals surface area (Å²) in [5.74, 6) is -1.21. The third kappa shape index (κ3) is 2.51. The summed E-state index contributed by atoms with van der Waals surface area (Å²) >= 11 is 0. The number of carbonyl (C=O) groups is 1. The SMILES string of the molecule is C[C@H](NS(=O)(=O)c1ccc2c(c1)Cc1ccccc1-2)C(=O)O. The molecule has 22 heavy (non-hydrogen) atoms. The standard InChI is InChI=1S/C16H15NO4S/c1-10(16(18)19)17-22(20,21)13-6-7-15-12(9-13)8-11-4-2-3-5-14(11)15/h2-7,9-10,17H,8H2,1H3,(H,18,19)/t10-/m0/s1. The Balaban J connectivity index is 1.96. The molecule has 0 aromatic heterocycles. The van der Waals surface area contributed by atoms with Gasteiger partial charge in [-0.25, -0.2) is 8.42 Å². The normalized spacial score (nSPS) is 14.2. The molecule has 1 aliphatic carbocycles. The average Bonchev–Trinajstić information content (AvgIpc) is 2.84. The number of aliphatic carboxylic acids is 1. The molecule has 6 heteroatoms. The van der Waals surface area contributed by atoms with E-state index in [4.69, 9.17) is 5.11 Å². The molecule has 3 rings (SSSR count). The Bertz CT molecular complexity index is 858. The van der Waals surface area contributed by atoms with Crippen molar-refractivity contribution in [2.45, 2.75) is 24.3 Å². The van der Waals surface area contributed by atoms with E-state index < -0.39 is 22.0 Å². The highest BCUT2D eigenvalue weighted by molar-refractivity contribution is 7.89. The van der Waals surface area contributed by atoms with Crippen molar-refractivity contribution in [3.8, 4) is 11.1 Å². The van der Waals surface area contributed by atoms with Crippen molar-refractivity contribution >= 4 is 16.0 Å². The molecule has 0 radical (unpaired) electrons. The van der Waals surface area contributed by atoms with Gasteiger partial charge in [-0.05, 0) is 47.7 Å². The van der Waals surface area contributed by atoms with E-state index in [9.17, 15) is 13.2 Å². The molecule has 0 unspecified atom stereocenters. The molecule has 0 amide bonds. The smallest absolute Gasteiger partial charge is 0.321 e. The molecular formula is C16H15NO4S. The predicted molar refractivity (Wildman–Crippen MR) is 82.1 cm³/mol. The van der Waals surface area contributed by atoms with Crippen LogP contribution in [0.25, 0.3) is 11.1 Å². The minimum Gasteiger partial charge on any atom is -0.480 e. The van der Waals surface area contributed by atoms with Crippen LogP contribution in [0.4, 0.5) is 0 Å². The summed E-state index contributed by atoms with van der Waals surface area (Å²) < 4.78 is 26.6. The summed E-state index contributed by atoms with van der Waals surface area (Å²) in [5.41, 5.74) is 4.25. The molecule has 0 aliphatic heterocycles. The molecule has 2 N–H and O–H groups in total. The van der Waals surface area contributed by atoms with Gasteiger partial charge in [-0.2, -0.15) is 4.72 Å². The second kappa shape index (κ2) is 5.23. The zero-order chi connectivity index (χ0) is 15.9. The van der Waals surface area contributed by atoms with Crippen molar-refractivity contribution in [2.75, 3.05) is 0 Å². The number of carboxylic acid groups (broad SMARTS) is 1. The van der Waals surface area contributed by atoms with Gasteiger partial charge in [-0.3, -0.25) is 4.79 Å². The van der Waals surface area contributed by atoms with Crippen LogP contribution in [0.5, 0.6) is 0 Å². The van der Waals surface area contributed by atoms with E-state index in [0.717, 1.165) is 16.7 Å². The minimum atomic E-state index is -3.84. The Morgan fingerprint density at radius 3 is 2.55 bits per heavy atom. The van der Waals surface area contributed by atoms with Crippen molar-refractivity contribution in [1.82, 2.24) is 4.72 Å². The first-order valence-electron chi connectivity index (χ1n) is 6.85. The monoisotopic (exact) mass is 317 g/mol. The van der Waals surface area contributed by atoms with Crippen LogP contribution in [0.3, 0.4) is 0 Å². The lowest BCUT2D eigenvalue weighted by atomic mass is 10.1. The first-order valence-corrected chi connectivity index (χ1v) is 8.33. The van der Waals surface area contributed by atoms with Crippen molar-refractivity contribution < 1.29 is 18.3 Å². The molecule has 2 aromatic rings. The van der Waals surface area contributed by atoms with Crippen LogP contribution in [0.1, 0.15) is 18.1 Å². The number of benzene rings is 2. The lowest BCUT2D eigenvalue weighted by Gasteiger charge is -2.11. The van der Waals surface area contributed by atoms with Crippen LogP contribution in [0.2, 0.25) is 0 Å².